The fourth-order valence-electron chi connectivity index (χ4n) is 1.39. The summed E-state index contributed by atoms with van der Waals surface area (Å²) in [4.78, 5) is 44.0. The molecular weight excluding hydrogens is 278 g/mol. The van der Waals surface area contributed by atoms with E-state index >= 15 is 0 Å². The van der Waals surface area contributed by atoms with Gasteiger partial charge in [0.25, 0.3) is 5.91 Å². The summed E-state index contributed by atoms with van der Waals surface area (Å²) in [5.74, 6) is -2.46. The first-order chi connectivity index (χ1) is 9.88. The summed E-state index contributed by atoms with van der Waals surface area (Å²) in [6, 6.07) is 6.04. The van der Waals surface area contributed by atoms with Gasteiger partial charge in [-0.25, -0.2) is 0 Å². The Balaban J connectivity index is 2.46. The van der Waals surface area contributed by atoms with Crippen molar-refractivity contribution >= 4 is 29.4 Å². The maximum atomic E-state index is 11.7. The van der Waals surface area contributed by atoms with Gasteiger partial charge in [-0.05, 0) is 24.3 Å². The van der Waals surface area contributed by atoms with Crippen LogP contribution in [-0.4, -0.2) is 28.8 Å². The lowest BCUT2D eigenvalue weighted by Crippen LogP contribution is -2.41. The predicted octanol–water partition coefficient (Wildman–Crippen LogP) is 0.271. The Morgan fingerprint density at radius 3 is 2.14 bits per heavy atom. The van der Waals surface area contributed by atoms with E-state index in [0.29, 0.717) is 5.69 Å². The zero-order valence-corrected chi connectivity index (χ0v) is 11.3. The van der Waals surface area contributed by atoms with E-state index in [2.05, 4.69) is 16.2 Å². The van der Waals surface area contributed by atoms with E-state index in [4.69, 9.17) is 5.11 Å². The molecule has 0 radical (unpaired) electrons. The van der Waals surface area contributed by atoms with Crippen LogP contribution in [0.15, 0.2) is 24.3 Å². The summed E-state index contributed by atoms with van der Waals surface area (Å²) in [7, 11) is 0. The van der Waals surface area contributed by atoms with Gasteiger partial charge in [-0.2, -0.15) is 0 Å². The van der Waals surface area contributed by atoms with Crippen LogP contribution >= 0.6 is 0 Å². The fraction of sp³-hybridized carbons (Fsp3) is 0.231. The van der Waals surface area contributed by atoms with Gasteiger partial charge in [0, 0.05) is 24.6 Å². The summed E-state index contributed by atoms with van der Waals surface area (Å²) >= 11 is 0. The minimum absolute atomic E-state index is 0.224. The average Bonchev–Trinajstić information content (AvgIpc) is 2.42. The van der Waals surface area contributed by atoms with Crippen molar-refractivity contribution in [3.8, 4) is 0 Å². The molecule has 0 bridgehead atoms. The molecule has 0 unspecified atom stereocenters. The van der Waals surface area contributed by atoms with Crippen LogP contribution in [0.5, 0.6) is 0 Å². The first-order valence-corrected chi connectivity index (χ1v) is 6.07. The highest BCUT2D eigenvalue weighted by atomic mass is 16.4. The van der Waals surface area contributed by atoms with Crippen LogP contribution in [0.4, 0.5) is 5.69 Å². The molecule has 1 aromatic carbocycles. The first kappa shape index (κ1) is 16.2. The standard InChI is InChI=1S/C13H15N3O5/c1-8(17)14-10-4-2-9(3-5-10)13(21)16-15-11(18)6-7-12(19)20/h2-5H,6-7H2,1H3,(H,14,17)(H,15,18)(H,16,21)(H,19,20). The van der Waals surface area contributed by atoms with E-state index in [0.717, 1.165) is 0 Å². The molecule has 0 saturated carbocycles. The van der Waals surface area contributed by atoms with E-state index < -0.39 is 17.8 Å². The quantitative estimate of drug-likeness (QED) is 0.580. The normalized spacial score (nSPS) is 9.57. The number of nitrogens with one attached hydrogen (secondary N) is 3. The maximum Gasteiger partial charge on any atom is 0.303 e. The van der Waals surface area contributed by atoms with Crippen LogP contribution < -0.4 is 16.2 Å². The molecule has 0 heterocycles. The second-order valence-electron chi connectivity index (χ2n) is 4.15. The highest BCUT2D eigenvalue weighted by Gasteiger charge is 2.09. The van der Waals surface area contributed by atoms with E-state index in [9.17, 15) is 19.2 Å². The van der Waals surface area contributed by atoms with Gasteiger partial charge in [0.15, 0.2) is 0 Å². The fourth-order valence-corrected chi connectivity index (χ4v) is 1.39. The Hall–Kier alpha value is -2.90. The Bertz CT molecular complexity index is 553. The van der Waals surface area contributed by atoms with Crippen molar-refractivity contribution < 1.29 is 24.3 Å². The molecule has 0 aliphatic heterocycles. The van der Waals surface area contributed by atoms with Gasteiger partial charge in [-0.3, -0.25) is 30.0 Å². The molecular formula is C13H15N3O5. The maximum absolute atomic E-state index is 11.7. The van der Waals surface area contributed by atoms with E-state index in [-0.39, 0.29) is 24.3 Å². The number of aliphatic carboxylic acids is 1. The number of anilines is 1. The van der Waals surface area contributed by atoms with Crippen LogP contribution in [-0.2, 0) is 14.4 Å². The van der Waals surface area contributed by atoms with E-state index in [1.165, 1.54) is 19.1 Å². The lowest BCUT2D eigenvalue weighted by Gasteiger charge is -2.07. The Labute approximate surface area is 120 Å². The number of carbonyl (C=O) groups is 4. The third kappa shape index (κ3) is 6.19. The molecule has 3 amide bonds. The molecule has 8 heteroatoms. The summed E-state index contributed by atoms with van der Waals surface area (Å²) in [5.41, 5.74) is 5.10. The van der Waals surface area contributed by atoms with Crippen LogP contribution in [0.3, 0.4) is 0 Å². The molecule has 0 fully saturated rings. The van der Waals surface area contributed by atoms with Crippen LogP contribution in [0.2, 0.25) is 0 Å². The van der Waals surface area contributed by atoms with Gasteiger partial charge in [0.2, 0.25) is 11.8 Å². The molecule has 0 atom stereocenters. The van der Waals surface area contributed by atoms with Gasteiger partial charge >= 0.3 is 5.97 Å². The molecule has 4 N–H and O–H groups in total. The van der Waals surface area contributed by atoms with Crippen LogP contribution in [0.25, 0.3) is 0 Å². The van der Waals surface area contributed by atoms with E-state index in [1.54, 1.807) is 12.1 Å². The Morgan fingerprint density at radius 1 is 1.00 bits per heavy atom. The number of hydrazine groups is 1. The van der Waals surface area contributed by atoms with Gasteiger partial charge in [-0.1, -0.05) is 0 Å². The average molecular weight is 293 g/mol. The minimum atomic E-state index is -1.09. The first-order valence-electron chi connectivity index (χ1n) is 6.07. The van der Waals surface area contributed by atoms with Crippen molar-refractivity contribution in [1.82, 2.24) is 10.9 Å². The van der Waals surface area contributed by atoms with Crippen LogP contribution in [0.1, 0.15) is 30.1 Å². The number of rotatable bonds is 5. The van der Waals surface area contributed by atoms with Crippen molar-refractivity contribution in [3.63, 3.8) is 0 Å². The monoisotopic (exact) mass is 293 g/mol. The summed E-state index contributed by atoms with van der Waals surface area (Å²) in [5, 5.41) is 11.0. The molecule has 0 spiro atoms. The molecule has 0 aliphatic carbocycles. The van der Waals surface area contributed by atoms with Gasteiger partial charge in [-0.15, -0.1) is 0 Å². The second kappa shape index (κ2) is 7.63. The SMILES string of the molecule is CC(=O)Nc1ccc(C(=O)NNC(=O)CCC(=O)O)cc1. The molecule has 1 rings (SSSR count). The zero-order valence-electron chi connectivity index (χ0n) is 11.3. The number of carboxylic acids is 1. The minimum Gasteiger partial charge on any atom is -0.481 e. The third-order valence-corrected chi connectivity index (χ3v) is 2.35. The van der Waals surface area contributed by atoms with Crippen molar-refractivity contribution in [2.75, 3.05) is 5.32 Å². The largest absolute Gasteiger partial charge is 0.481 e. The molecule has 8 nitrogen and oxygen atoms in total. The molecule has 0 aliphatic rings. The van der Waals surface area contributed by atoms with Crippen molar-refractivity contribution in [2.24, 2.45) is 0 Å². The van der Waals surface area contributed by atoms with Gasteiger partial charge in [0.05, 0.1) is 6.42 Å². The Kier molecular flexibility index (Phi) is 5.87. The summed E-state index contributed by atoms with van der Waals surface area (Å²) in [6.07, 6.45) is -0.538. The summed E-state index contributed by atoms with van der Waals surface area (Å²) in [6.45, 7) is 1.37. The van der Waals surface area contributed by atoms with Crippen molar-refractivity contribution in [1.29, 1.82) is 0 Å². The number of amides is 3. The number of carboxylic acid groups (broad SMARTS) is 1. The van der Waals surface area contributed by atoms with Crippen LogP contribution in [0, 0.1) is 0 Å². The molecule has 1 aromatic rings. The lowest BCUT2D eigenvalue weighted by molar-refractivity contribution is -0.138. The lowest BCUT2D eigenvalue weighted by atomic mass is 10.2. The molecule has 0 saturated heterocycles. The molecule has 0 aromatic heterocycles. The Morgan fingerprint density at radius 2 is 1.62 bits per heavy atom. The number of hydrogen-bond donors (Lipinski definition) is 4. The van der Waals surface area contributed by atoms with Gasteiger partial charge in [0.1, 0.15) is 0 Å². The van der Waals surface area contributed by atoms with Crippen molar-refractivity contribution in [3.05, 3.63) is 29.8 Å². The smallest absolute Gasteiger partial charge is 0.303 e. The predicted molar refractivity (Wildman–Crippen MR) is 73.2 cm³/mol. The number of benzene rings is 1. The highest BCUT2D eigenvalue weighted by Crippen LogP contribution is 2.09. The second-order valence-corrected chi connectivity index (χ2v) is 4.15. The summed E-state index contributed by atoms with van der Waals surface area (Å²) < 4.78 is 0. The third-order valence-electron chi connectivity index (χ3n) is 2.35. The van der Waals surface area contributed by atoms with Gasteiger partial charge < -0.3 is 10.4 Å². The van der Waals surface area contributed by atoms with Crippen molar-refractivity contribution in [2.45, 2.75) is 19.8 Å². The van der Waals surface area contributed by atoms with E-state index in [1.807, 2.05) is 0 Å². The number of hydrogen-bond acceptors (Lipinski definition) is 4. The highest BCUT2D eigenvalue weighted by molar-refractivity contribution is 5.96. The zero-order chi connectivity index (χ0) is 15.8. The number of carbonyl (C=O) groups excluding carboxylic acids is 3. The topological polar surface area (TPSA) is 125 Å². The molecule has 21 heavy (non-hydrogen) atoms. The molecule has 112 valence electrons.